The first-order valence-corrected chi connectivity index (χ1v) is 5.98. The number of hydrogen-bond acceptors (Lipinski definition) is 1. The number of alkyl halides is 4. The van der Waals surface area contributed by atoms with Crippen LogP contribution in [0.25, 0.3) is 0 Å². The van der Waals surface area contributed by atoms with Gasteiger partial charge in [0.05, 0.1) is 11.3 Å². The standard InChI is InChI=1S/C12H14ClF4N/c1-7(2)11(6-13)18-10-4-3-8(5-9(10)14)12(15,16)17/h3-5,7,11,18H,6H2,1-2H3. The van der Waals surface area contributed by atoms with Crippen molar-refractivity contribution in [2.45, 2.75) is 26.1 Å². The predicted octanol–water partition coefficient (Wildman–Crippen LogP) is 4.52. The molecule has 0 amide bonds. The summed E-state index contributed by atoms with van der Waals surface area (Å²) in [5.74, 6) is -0.539. The van der Waals surface area contributed by atoms with E-state index in [1.165, 1.54) is 0 Å². The highest BCUT2D eigenvalue weighted by Gasteiger charge is 2.31. The maximum atomic E-state index is 13.5. The molecule has 18 heavy (non-hydrogen) atoms. The molecule has 0 radical (unpaired) electrons. The quantitative estimate of drug-likeness (QED) is 0.633. The third-order valence-corrected chi connectivity index (χ3v) is 2.94. The van der Waals surface area contributed by atoms with Gasteiger partial charge >= 0.3 is 6.18 Å². The Kier molecular flexibility index (Phi) is 4.85. The summed E-state index contributed by atoms with van der Waals surface area (Å²) in [6.45, 7) is 3.78. The summed E-state index contributed by atoms with van der Waals surface area (Å²) in [7, 11) is 0. The van der Waals surface area contributed by atoms with E-state index in [4.69, 9.17) is 11.6 Å². The van der Waals surface area contributed by atoms with E-state index in [1.54, 1.807) is 0 Å². The summed E-state index contributed by atoms with van der Waals surface area (Å²) in [4.78, 5) is 0. The normalized spacial score (nSPS) is 13.8. The van der Waals surface area contributed by atoms with Gasteiger partial charge in [0, 0.05) is 11.9 Å². The molecule has 0 aromatic heterocycles. The summed E-state index contributed by atoms with van der Waals surface area (Å²) >= 11 is 5.70. The fraction of sp³-hybridized carbons (Fsp3) is 0.500. The Labute approximate surface area is 108 Å². The van der Waals surface area contributed by atoms with E-state index in [0.717, 1.165) is 12.1 Å². The van der Waals surface area contributed by atoms with Crippen molar-refractivity contribution in [3.05, 3.63) is 29.6 Å². The van der Waals surface area contributed by atoms with Crippen molar-refractivity contribution in [3.63, 3.8) is 0 Å². The first-order valence-electron chi connectivity index (χ1n) is 5.45. The molecule has 1 rings (SSSR count). The van der Waals surface area contributed by atoms with Gasteiger partial charge in [-0.25, -0.2) is 4.39 Å². The first-order chi connectivity index (χ1) is 8.25. The Hall–Kier alpha value is -0.970. The van der Waals surface area contributed by atoms with Crippen molar-refractivity contribution in [1.82, 2.24) is 0 Å². The summed E-state index contributed by atoms with van der Waals surface area (Å²) < 4.78 is 50.6. The fourth-order valence-electron chi connectivity index (χ4n) is 1.39. The molecule has 1 N–H and O–H groups in total. The van der Waals surface area contributed by atoms with E-state index in [-0.39, 0.29) is 23.5 Å². The molecule has 0 saturated heterocycles. The van der Waals surface area contributed by atoms with E-state index in [0.29, 0.717) is 6.07 Å². The second-order valence-corrected chi connectivity index (χ2v) is 4.65. The van der Waals surface area contributed by atoms with Crippen LogP contribution < -0.4 is 5.32 Å². The Morgan fingerprint density at radius 2 is 1.89 bits per heavy atom. The topological polar surface area (TPSA) is 12.0 Å². The molecule has 1 atom stereocenters. The van der Waals surface area contributed by atoms with Gasteiger partial charge in [-0.15, -0.1) is 11.6 Å². The lowest BCUT2D eigenvalue weighted by Crippen LogP contribution is -2.27. The Morgan fingerprint density at radius 1 is 1.28 bits per heavy atom. The number of rotatable bonds is 4. The lowest BCUT2D eigenvalue weighted by atomic mass is 10.1. The van der Waals surface area contributed by atoms with Crippen LogP contribution in [-0.4, -0.2) is 11.9 Å². The molecule has 0 aliphatic carbocycles. The van der Waals surface area contributed by atoms with Crippen molar-refractivity contribution in [2.75, 3.05) is 11.2 Å². The van der Waals surface area contributed by atoms with Gasteiger partial charge in [0.2, 0.25) is 0 Å². The molecule has 6 heteroatoms. The maximum absolute atomic E-state index is 13.5. The average molecular weight is 284 g/mol. The monoisotopic (exact) mass is 283 g/mol. The van der Waals surface area contributed by atoms with E-state index in [9.17, 15) is 17.6 Å². The molecule has 0 aliphatic rings. The summed E-state index contributed by atoms with van der Waals surface area (Å²) in [5.41, 5.74) is -0.972. The highest BCUT2D eigenvalue weighted by molar-refractivity contribution is 6.18. The Balaban J connectivity index is 2.93. The van der Waals surface area contributed by atoms with Crippen LogP contribution in [0.5, 0.6) is 0 Å². The van der Waals surface area contributed by atoms with Gasteiger partial charge < -0.3 is 5.32 Å². The van der Waals surface area contributed by atoms with Crippen LogP contribution in [0, 0.1) is 11.7 Å². The molecule has 1 aromatic rings. The fourth-order valence-corrected chi connectivity index (χ4v) is 1.83. The molecule has 1 nitrogen and oxygen atoms in total. The van der Waals surface area contributed by atoms with Gasteiger partial charge in [-0.1, -0.05) is 13.8 Å². The third-order valence-electron chi connectivity index (χ3n) is 2.61. The van der Waals surface area contributed by atoms with Crippen molar-refractivity contribution < 1.29 is 17.6 Å². The smallest absolute Gasteiger partial charge is 0.378 e. The van der Waals surface area contributed by atoms with Crippen LogP contribution in [-0.2, 0) is 6.18 Å². The van der Waals surface area contributed by atoms with Gasteiger partial charge in [0.25, 0.3) is 0 Å². The second kappa shape index (κ2) is 5.78. The van der Waals surface area contributed by atoms with Crippen LogP contribution in [0.15, 0.2) is 18.2 Å². The molecule has 1 aromatic carbocycles. The van der Waals surface area contributed by atoms with E-state index >= 15 is 0 Å². The molecular formula is C12H14ClF4N. The Bertz CT molecular complexity index is 404. The van der Waals surface area contributed by atoms with Crippen LogP contribution in [0.4, 0.5) is 23.2 Å². The van der Waals surface area contributed by atoms with E-state index < -0.39 is 17.6 Å². The van der Waals surface area contributed by atoms with Crippen molar-refractivity contribution in [1.29, 1.82) is 0 Å². The molecule has 0 aliphatic heterocycles. The van der Waals surface area contributed by atoms with Crippen molar-refractivity contribution >= 4 is 17.3 Å². The number of halogens is 5. The number of hydrogen-bond donors (Lipinski definition) is 1. The first kappa shape index (κ1) is 15.1. The molecule has 0 heterocycles. The van der Waals surface area contributed by atoms with E-state index in [2.05, 4.69) is 5.32 Å². The molecule has 0 bridgehead atoms. The minimum absolute atomic E-state index is 0.0300. The van der Waals surface area contributed by atoms with Crippen molar-refractivity contribution in [2.24, 2.45) is 5.92 Å². The van der Waals surface area contributed by atoms with Crippen LogP contribution in [0.1, 0.15) is 19.4 Å². The number of benzene rings is 1. The minimum Gasteiger partial charge on any atom is -0.378 e. The zero-order chi connectivity index (χ0) is 13.9. The minimum atomic E-state index is -4.54. The number of nitrogens with one attached hydrogen (secondary N) is 1. The predicted molar refractivity (Wildman–Crippen MR) is 64.4 cm³/mol. The van der Waals surface area contributed by atoms with Gasteiger partial charge in [-0.2, -0.15) is 13.2 Å². The molecular weight excluding hydrogens is 270 g/mol. The van der Waals surface area contributed by atoms with Crippen LogP contribution in [0.3, 0.4) is 0 Å². The summed E-state index contributed by atoms with van der Waals surface area (Å²) in [5, 5.41) is 2.80. The maximum Gasteiger partial charge on any atom is 0.416 e. The largest absolute Gasteiger partial charge is 0.416 e. The molecule has 0 fully saturated rings. The van der Waals surface area contributed by atoms with Gasteiger partial charge in [0.1, 0.15) is 5.82 Å². The van der Waals surface area contributed by atoms with Crippen molar-refractivity contribution in [3.8, 4) is 0 Å². The van der Waals surface area contributed by atoms with Crippen LogP contribution in [0.2, 0.25) is 0 Å². The van der Waals surface area contributed by atoms with E-state index in [1.807, 2.05) is 13.8 Å². The van der Waals surface area contributed by atoms with Gasteiger partial charge in [0.15, 0.2) is 0 Å². The van der Waals surface area contributed by atoms with Crippen LogP contribution >= 0.6 is 11.6 Å². The zero-order valence-electron chi connectivity index (χ0n) is 9.98. The lowest BCUT2D eigenvalue weighted by Gasteiger charge is -2.21. The Morgan fingerprint density at radius 3 is 2.28 bits per heavy atom. The zero-order valence-corrected chi connectivity index (χ0v) is 10.7. The summed E-state index contributed by atoms with van der Waals surface area (Å²) in [6.07, 6.45) is -4.54. The highest BCUT2D eigenvalue weighted by Crippen LogP contribution is 2.31. The third kappa shape index (κ3) is 3.77. The highest BCUT2D eigenvalue weighted by atomic mass is 35.5. The molecule has 1 unspecified atom stereocenters. The second-order valence-electron chi connectivity index (χ2n) is 4.34. The average Bonchev–Trinajstić information content (AvgIpc) is 2.25. The van der Waals surface area contributed by atoms with Gasteiger partial charge in [-0.05, 0) is 24.1 Å². The lowest BCUT2D eigenvalue weighted by molar-refractivity contribution is -0.137. The number of anilines is 1. The molecule has 0 spiro atoms. The van der Waals surface area contributed by atoms with Gasteiger partial charge in [-0.3, -0.25) is 0 Å². The molecule has 102 valence electrons. The SMILES string of the molecule is CC(C)C(CCl)Nc1ccc(C(F)(F)F)cc1F. The molecule has 0 saturated carbocycles. The summed E-state index contributed by atoms with van der Waals surface area (Å²) in [6, 6.07) is 2.21.